The van der Waals surface area contributed by atoms with Crippen LogP contribution in [0.4, 0.5) is 5.13 Å². The molecule has 1 unspecified atom stereocenters. The average Bonchev–Trinajstić information content (AvgIpc) is 3.30. The van der Waals surface area contributed by atoms with E-state index in [4.69, 9.17) is 11.6 Å². The highest BCUT2D eigenvalue weighted by molar-refractivity contribution is 7.20. The van der Waals surface area contributed by atoms with Crippen molar-refractivity contribution in [3.05, 3.63) is 35.5 Å². The topological polar surface area (TPSA) is 62.5 Å². The molecule has 3 heterocycles. The van der Waals surface area contributed by atoms with Crippen molar-refractivity contribution in [2.75, 3.05) is 18.4 Å². The summed E-state index contributed by atoms with van der Waals surface area (Å²) in [6.07, 6.45) is 3.43. The molecule has 25 heavy (non-hydrogen) atoms. The summed E-state index contributed by atoms with van der Waals surface area (Å²) in [5.74, 6) is 0.214. The van der Waals surface area contributed by atoms with Crippen molar-refractivity contribution < 1.29 is 4.79 Å². The first-order valence-corrected chi connectivity index (χ1v) is 9.48. The van der Waals surface area contributed by atoms with Crippen molar-refractivity contribution in [1.29, 1.82) is 0 Å². The van der Waals surface area contributed by atoms with E-state index in [9.17, 15) is 4.79 Å². The minimum Gasteiger partial charge on any atom is -0.355 e. The van der Waals surface area contributed by atoms with Crippen LogP contribution in [0.3, 0.4) is 0 Å². The van der Waals surface area contributed by atoms with Gasteiger partial charge in [-0.25, -0.2) is 9.50 Å². The molecule has 2 aromatic heterocycles. The zero-order chi connectivity index (χ0) is 17.4. The lowest BCUT2D eigenvalue weighted by molar-refractivity contribution is -0.129. The monoisotopic (exact) mass is 375 g/mol. The number of halogens is 1. The molecule has 130 valence electrons. The molecule has 0 bridgehead atoms. The number of aromatic nitrogens is 3. The molecule has 1 fully saturated rings. The second-order valence-electron chi connectivity index (χ2n) is 6.09. The number of amides is 1. The number of hydrogen-bond donors (Lipinski definition) is 1. The summed E-state index contributed by atoms with van der Waals surface area (Å²) in [4.78, 5) is 19.2. The van der Waals surface area contributed by atoms with Gasteiger partial charge >= 0.3 is 0 Å². The van der Waals surface area contributed by atoms with Gasteiger partial charge in [0.05, 0.1) is 11.9 Å². The number of rotatable bonds is 4. The molecular formula is C17H18ClN5OS. The van der Waals surface area contributed by atoms with Crippen LogP contribution in [0, 0.1) is 0 Å². The van der Waals surface area contributed by atoms with Gasteiger partial charge in [0.1, 0.15) is 0 Å². The maximum absolute atomic E-state index is 11.8. The molecule has 1 saturated heterocycles. The zero-order valence-corrected chi connectivity index (χ0v) is 15.3. The SMILES string of the molecule is CCC(=O)N1CCC(Nc2nn3cc(-c4ccc(Cl)cc4)nc3s2)C1. The van der Waals surface area contributed by atoms with Gasteiger partial charge in [-0.3, -0.25) is 4.79 Å². The van der Waals surface area contributed by atoms with Gasteiger partial charge in [0.2, 0.25) is 16.0 Å². The lowest BCUT2D eigenvalue weighted by Crippen LogP contribution is -2.30. The van der Waals surface area contributed by atoms with Gasteiger partial charge in [-0.05, 0) is 18.6 Å². The summed E-state index contributed by atoms with van der Waals surface area (Å²) in [6, 6.07) is 7.86. The Morgan fingerprint density at radius 2 is 2.20 bits per heavy atom. The summed E-state index contributed by atoms with van der Waals surface area (Å²) < 4.78 is 1.79. The number of nitrogens with one attached hydrogen (secondary N) is 1. The number of carbonyl (C=O) groups excluding carboxylic acids is 1. The Labute approximate surface area is 154 Å². The minimum atomic E-state index is 0.214. The van der Waals surface area contributed by atoms with Crippen LogP contribution in [0.5, 0.6) is 0 Å². The number of carbonyl (C=O) groups is 1. The molecule has 0 spiro atoms. The van der Waals surface area contributed by atoms with Crippen LogP contribution in [0.25, 0.3) is 16.2 Å². The van der Waals surface area contributed by atoms with Gasteiger partial charge in [0.15, 0.2) is 0 Å². The highest BCUT2D eigenvalue weighted by Crippen LogP contribution is 2.26. The predicted octanol–water partition coefficient (Wildman–Crippen LogP) is 3.53. The van der Waals surface area contributed by atoms with Gasteiger partial charge in [-0.15, -0.1) is 5.10 Å². The number of fused-ring (bicyclic) bond motifs is 1. The Morgan fingerprint density at radius 3 is 2.92 bits per heavy atom. The van der Waals surface area contributed by atoms with Gasteiger partial charge in [-0.2, -0.15) is 0 Å². The van der Waals surface area contributed by atoms with Crippen molar-refractivity contribution in [1.82, 2.24) is 19.5 Å². The summed E-state index contributed by atoms with van der Waals surface area (Å²) in [5, 5.41) is 9.53. The minimum absolute atomic E-state index is 0.214. The Hall–Kier alpha value is -2.12. The number of nitrogens with zero attached hydrogens (tertiary/aromatic N) is 4. The molecule has 0 radical (unpaired) electrons. The molecule has 0 saturated carbocycles. The van der Waals surface area contributed by atoms with Gasteiger partial charge in [0, 0.05) is 36.1 Å². The maximum atomic E-state index is 11.8. The number of anilines is 1. The molecule has 6 nitrogen and oxygen atoms in total. The Kier molecular flexibility index (Phi) is 4.35. The number of likely N-dealkylation sites (tertiary alicyclic amines) is 1. The fourth-order valence-corrected chi connectivity index (χ4v) is 4.01. The van der Waals surface area contributed by atoms with Gasteiger partial charge in [0.25, 0.3) is 0 Å². The molecule has 3 aromatic rings. The maximum Gasteiger partial charge on any atom is 0.222 e. The highest BCUT2D eigenvalue weighted by Gasteiger charge is 2.26. The van der Waals surface area contributed by atoms with Crippen molar-refractivity contribution in [2.45, 2.75) is 25.8 Å². The molecule has 4 rings (SSSR count). The number of hydrogen-bond acceptors (Lipinski definition) is 5. The molecular weight excluding hydrogens is 358 g/mol. The average molecular weight is 376 g/mol. The van der Waals surface area contributed by atoms with Crippen LogP contribution < -0.4 is 5.32 Å². The van der Waals surface area contributed by atoms with E-state index in [0.717, 1.165) is 40.9 Å². The van der Waals surface area contributed by atoms with Crippen molar-refractivity contribution in [3.8, 4) is 11.3 Å². The lowest BCUT2D eigenvalue weighted by atomic mass is 10.2. The molecule has 1 N–H and O–H groups in total. The molecule has 1 aromatic carbocycles. The van der Waals surface area contributed by atoms with E-state index < -0.39 is 0 Å². The third-order valence-corrected chi connectivity index (χ3v) is 5.46. The van der Waals surface area contributed by atoms with E-state index >= 15 is 0 Å². The fraction of sp³-hybridized carbons (Fsp3) is 0.353. The largest absolute Gasteiger partial charge is 0.355 e. The van der Waals surface area contributed by atoms with Crippen LogP contribution in [0.2, 0.25) is 5.02 Å². The van der Waals surface area contributed by atoms with E-state index in [0.29, 0.717) is 11.4 Å². The smallest absolute Gasteiger partial charge is 0.222 e. The molecule has 1 amide bonds. The second-order valence-corrected chi connectivity index (χ2v) is 7.48. The standard InChI is InChI=1S/C17H18ClN5OS/c1-2-15(24)22-8-7-13(9-22)19-16-21-23-10-14(20-17(23)25-16)11-3-5-12(18)6-4-11/h3-6,10,13H,2,7-9H2,1H3,(H,19,21). The van der Waals surface area contributed by atoms with Crippen LogP contribution in [-0.4, -0.2) is 44.5 Å². The molecule has 0 aliphatic carbocycles. The summed E-state index contributed by atoms with van der Waals surface area (Å²) in [6.45, 7) is 3.45. The third kappa shape index (κ3) is 3.34. The number of benzene rings is 1. The Balaban J connectivity index is 1.47. The summed E-state index contributed by atoms with van der Waals surface area (Å²) in [7, 11) is 0. The normalized spacial score (nSPS) is 17.4. The fourth-order valence-electron chi connectivity index (χ4n) is 3.02. The van der Waals surface area contributed by atoms with Crippen LogP contribution in [-0.2, 0) is 4.79 Å². The van der Waals surface area contributed by atoms with Crippen LogP contribution >= 0.6 is 22.9 Å². The zero-order valence-electron chi connectivity index (χ0n) is 13.8. The second kappa shape index (κ2) is 6.65. The molecule has 1 aliphatic heterocycles. The van der Waals surface area contributed by atoms with Crippen LogP contribution in [0.15, 0.2) is 30.5 Å². The first-order valence-electron chi connectivity index (χ1n) is 8.29. The quantitative estimate of drug-likeness (QED) is 0.757. The van der Waals surface area contributed by atoms with E-state index in [1.54, 1.807) is 4.52 Å². The van der Waals surface area contributed by atoms with Gasteiger partial charge < -0.3 is 10.2 Å². The summed E-state index contributed by atoms with van der Waals surface area (Å²) >= 11 is 7.45. The lowest BCUT2D eigenvalue weighted by Gasteiger charge is -2.15. The van der Waals surface area contributed by atoms with Crippen molar-refractivity contribution in [2.24, 2.45) is 0 Å². The molecule has 1 aliphatic rings. The van der Waals surface area contributed by atoms with E-state index in [1.807, 2.05) is 42.3 Å². The molecule has 8 heteroatoms. The van der Waals surface area contributed by atoms with E-state index in [1.165, 1.54) is 11.3 Å². The Bertz CT molecular complexity index is 872. The molecule has 1 atom stereocenters. The first-order chi connectivity index (χ1) is 12.1. The summed E-state index contributed by atoms with van der Waals surface area (Å²) in [5.41, 5.74) is 1.89. The first kappa shape index (κ1) is 16.4. The van der Waals surface area contributed by atoms with Crippen LogP contribution in [0.1, 0.15) is 19.8 Å². The van der Waals surface area contributed by atoms with E-state index in [-0.39, 0.29) is 11.9 Å². The third-order valence-electron chi connectivity index (χ3n) is 4.35. The van der Waals surface area contributed by atoms with Crippen molar-refractivity contribution >= 4 is 38.9 Å². The van der Waals surface area contributed by atoms with Crippen molar-refractivity contribution in [3.63, 3.8) is 0 Å². The highest BCUT2D eigenvalue weighted by atomic mass is 35.5. The van der Waals surface area contributed by atoms with Gasteiger partial charge in [-0.1, -0.05) is 42.0 Å². The Morgan fingerprint density at radius 1 is 1.40 bits per heavy atom. The van der Waals surface area contributed by atoms with E-state index in [2.05, 4.69) is 15.4 Å². The number of imidazole rings is 1. The predicted molar refractivity (Wildman–Crippen MR) is 100 cm³/mol.